The Bertz CT molecular complexity index is 534. The van der Waals surface area contributed by atoms with Crippen molar-refractivity contribution in [1.29, 1.82) is 0 Å². The summed E-state index contributed by atoms with van der Waals surface area (Å²) in [6.45, 7) is 1.94. The number of rotatable bonds is 4. The van der Waals surface area contributed by atoms with Gasteiger partial charge >= 0.3 is 0 Å². The van der Waals surface area contributed by atoms with Gasteiger partial charge in [-0.25, -0.2) is 4.98 Å². The van der Waals surface area contributed by atoms with Crippen LogP contribution in [0.15, 0.2) is 29.6 Å². The molecule has 0 aliphatic rings. The smallest absolute Gasteiger partial charge is 0.143 e. The fraction of sp³-hybridized carbons (Fsp3) is 0.231. The molecule has 88 valence electrons. The Kier molecular flexibility index (Phi) is 3.54. The summed E-state index contributed by atoms with van der Waals surface area (Å²) >= 11 is 1.57. The van der Waals surface area contributed by atoms with Crippen molar-refractivity contribution in [1.82, 2.24) is 4.98 Å². The van der Waals surface area contributed by atoms with Crippen LogP contribution in [0.1, 0.15) is 16.3 Å². The zero-order valence-corrected chi connectivity index (χ0v) is 10.5. The van der Waals surface area contributed by atoms with E-state index in [4.69, 9.17) is 5.73 Å². The van der Waals surface area contributed by atoms with Gasteiger partial charge in [-0.3, -0.25) is 4.79 Å². The molecule has 2 N–H and O–H groups in total. The first-order valence-electron chi connectivity index (χ1n) is 5.40. The molecule has 0 atom stereocenters. The summed E-state index contributed by atoms with van der Waals surface area (Å²) in [5.74, 6) is 0.168. The first-order chi connectivity index (χ1) is 8.13. The first kappa shape index (κ1) is 11.8. The topological polar surface area (TPSA) is 56.0 Å². The number of ketones is 1. The van der Waals surface area contributed by atoms with Crippen molar-refractivity contribution in [3.63, 3.8) is 0 Å². The summed E-state index contributed by atoms with van der Waals surface area (Å²) in [5, 5.41) is 2.93. The van der Waals surface area contributed by atoms with E-state index in [0.29, 0.717) is 18.5 Å². The summed E-state index contributed by atoms with van der Waals surface area (Å²) in [4.78, 5) is 16.1. The van der Waals surface area contributed by atoms with Crippen LogP contribution in [0.2, 0.25) is 0 Å². The fourth-order valence-corrected chi connectivity index (χ4v) is 2.30. The van der Waals surface area contributed by atoms with E-state index in [1.807, 2.05) is 36.6 Å². The van der Waals surface area contributed by atoms with E-state index in [1.165, 1.54) is 0 Å². The molecular weight excluding hydrogens is 232 g/mol. The highest BCUT2D eigenvalue weighted by atomic mass is 32.1. The second-order valence-electron chi connectivity index (χ2n) is 4.00. The number of anilines is 1. The van der Waals surface area contributed by atoms with E-state index in [9.17, 15) is 4.79 Å². The van der Waals surface area contributed by atoms with Crippen molar-refractivity contribution >= 4 is 22.8 Å². The number of carbonyl (C=O) groups excluding carboxylic acids is 1. The van der Waals surface area contributed by atoms with Gasteiger partial charge in [0.05, 0.1) is 10.7 Å². The third-order valence-electron chi connectivity index (χ3n) is 2.40. The molecule has 0 aliphatic heterocycles. The normalized spacial score (nSPS) is 10.4. The average Bonchev–Trinajstić information content (AvgIpc) is 2.63. The Balaban J connectivity index is 1.98. The van der Waals surface area contributed by atoms with Gasteiger partial charge in [0.25, 0.3) is 0 Å². The summed E-state index contributed by atoms with van der Waals surface area (Å²) in [6, 6.07) is 7.44. The number of hydrogen-bond acceptors (Lipinski definition) is 4. The van der Waals surface area contributed by atoms with E-state index < -0.39 is 0 Å². The van der Waals surface area contributed by atoms with Gasteiger partial charge in [0, 0.05) is 23.9 Å². The van der Waals surface area contributed by atoms with E-state index in [0.717, 1.165) is 16.3 Å². The Morgan fingerprint density at radius 2 is 2.24 bits per heavy atom. The minimum Gasteiger partial charge on any atom is -0.399 e. The number of thiazole rings is 1. The predicted octanol–water partition coefficient (Wildman–Crippen LogP) is 2.39. The Morgan fingerprint density at radius 3 is 2.88 bits per heavy atom. The quantitative estimate of drug-likeness (QED) is 0.843. The molecule has 2 aromatic rings. The van der Waals surface area contributed by atoms with Gasteiger partial charge in [-0.2, -0.15) is 0 Å². The molecule has 17 heavy (non-hydrogen) atoms. The molecule has 0 amide bonds. The molecule has 0 radical (unpaired) electrons. The molecule has 0 unspecified atom stereocenters. The minimum absolute atomic E-state index is 0.168. The minimum atomic E-state index is 0.168. The lowest BCUT2D eigenvalue weighted by Crippen LogP contribution is -2.07. The van der Waals surface area contributed by atoms with Crippen molar-refractivity contribution in [2.75, 3.05) is 5.73 Å². The number of nitrogens with two attached hydrogens (primary N) is 1. The summed E-state index contributed by atoms with van der Waals surface area (Å²) in [5.41, 5.74) is 8.19. The van der Waals surface area contributed by atoms with Crippen molar-refractivity contribution in [2.45, 2.75) is 19.8 Å². The number of benzene rings is 1. The number of nitrogens with zero attached hydrogens (tertiary/aromatic N) is 1. The standard InChI is InChI=1S/C13H14N2OS/c1-9-15-12(8-17-9)7-13(16)6-10-3-2-4-11(14)5-10/h2-5,8H,6-7,14H2,1H3. The lowest BCUT2D eigenvalue weighted by atomic mass is 10.1. The molecule has 2 rings (SSSR count). The van der Waals surface area contributed by atoms with Crippen LogP contribution >= 0.6 is 11.3 Å². The molecule has 0 saturated carbocycles. The highest BCUT2D eigenvalue weighted by molar-refractivity contribution is 7.09. The Labute approximate surface area is 104 Å². The molecule has 0 bridgehead atoms. The van der Waals surface area contributed by atoms with Gasteiger partial charge in [0.15, 0.2) is 0 Å². The number of aryl methyl sites for hydroxylation is 1. The third kappa shape index (κ3) is 3.39. The molecule has 1 aromatic heterocycles. The lowest BCUT2D eigenvalue weighted by molar-refractivity contribution is -0.117. The van der Waals surface area contributed by atoms with Crippen LogP contribution in [-0.4, -0.2) is 10.8 Å². The lowest BCUT2D eigenvalue weighted by Gasteiger charge is -2.01. The van der Waals surface area contributed by atoms with E-state index >= 15 is 0 Å². The number of nitrogen functional groups attached to an aromatic ring is 1. The Hall–Kier alpha value is -1.68. The predicted molar refractivity (Wildman–Crippen MR) is 70.1 cm³/mol. The first-order valence-corrected chi connectivity index (χ1v) is 6.28. The fourth-order valence-electron chi connectivity index (χ4n) is 1.68. The highest BCUT2D eigenvalue weighted by Gasteiger charge is 2.07. The van der Waals surface area contributed by atoms with Crippen LogP contribution in [0.4, 0.5) is 5.69 Å². The molecule has 0 spiro atoms. The zero-order valence-electron chi connectivity index (χ0n) is 9.64. The SMILES string of the molecule is Cc1nc(CC(=O)Cc2cccc(N)c2)cs1. The van der Waals surface area contributed by atoms with Gasteiger partial charge in [-0.05, 0) is 24.6 Å². The van der Waals surface area contributed by atoms with Gasteiger partial charge in [0.1, 0.15) is 5.78 Å². The molecule has 0 fully saturated rings. The van der Waals surface area contributed by atoms with E-state index in [1.54, 1.807) is 11.3 Å². The maximum atomic E-state index is 11.8. The largest absolute Gasteiger partial charge is 0.399 e. The van der Waals surface area contributed by atoms with Crippen molar-refractivity contribution < 1.29 is 4.79 Å². The highest BCUT2D eigenvalue weighted by Crippen LogP contribution is 2.11. The molecule has 0 aliphatic carbocycles. The number of aromatic nitrogens is 1. The monoisotopic (exact) mass is 246 g/mol. The number of carbonyl (C=O) groups is 1. The van der Waals surface area contributed by atoms with Crippen LogP contribution in [0.5, 0.6) is 0 Å². The third-order valence-corrected chi connectivity index (χ3v) is 3.22. The molecule has 0 saturated heterocycles. The van der Waals surface area contributed by atoms with Crippen LogP contribution in [0.3, 0.4) is 0 Å². The van der Waals surface area contributed by atoms with Gasteiger partial charge < -0.3 is 5.73 Å². The average molecular weight is 246 g/mol. The van der Waals surface area contributed by atoms with Crippen LogP contribution in [0.25, 0.3) is 0 Å². The molecule has 1 heterocycles. The summed E-state index contributed by atoms with van der Waals surface area (Å²) in [6.07, 6.45) is 0.820. The van der Waals surface area contributed by atoms with Gasteiger partial charge in [-0.15, -0.1) is 11.3 Å². The molecular formula is C13H14N2OS. The van der Waals surface area contributed by atoms with Crippen LogP contribution in [0, 0.1) is 6.92 Å². The van der Waals surface area contributed by atoms with Crippen molar-refractivity contribution in [3.8, 4) is 0 Å². The van der Waals surface area contributed by atoms with Crippen LogP contribution in [-0.2, 0) is 17.6 Å². The number of hydrogen-bond donors (Lipinski definition) is 1. The van der Waals surface area contributed by atoms with Crippen molar-refractivity contribution in [3.05, 3.63) is 45.9 Å². The van der Waals surface area contributed by atoms with E-state index in [-0.39, 0.29) is 5.78 Å². The molecule has 4 heteroatoms. The van der Waals surface area contributed by atoms with E-state index in [2.05, 4.69) is 4.98 Å². The van der Waals surface area contributed by atoms with Gasteiger partial charge in [0.2, 0.25) is 0 Å². The molecule has 3 nitrogen and oxygen atoms in total. The maximum absolute atomic E-state index is 11.8. The second kappa shape index (κ2) is 5.10. The van der Waals surface area contributed by atoms with Crippen molar-refractivity contribution in [2.24, 2.45) is 0 Å². The second-order valence-corrected chi connectivity index (χ2v) is 5.06. The zero-order chi connectivity index (χ0) is 12.3. The van der Waals surface area contributed by atoms with Crippen LogP contribution < -0.4 is 5.73 Å². The molecule has 1 aromatic carbocycles. The number of Topliss-reactive ketones (excluding diaryl/α,β-unsaturated/α-hetero) is 1. The van der Waals surface area contributed by atoms with Gasteiger partial charge in [-0.1, -0.05) is 12.1 Å². The summed E-state index contributed by atoms with van der Waals surface area (Å²) in [7, 11) is 0. The summed E-state index contributed by atoms with van der Waals surface area (Å²) < 4.78 is 0. The maximum Gasteiger partial charge on any atom is 0.143 e. The Morgan fingerprint density at radius 1 is 1.41 bits per heavy atom.